The van der Waals surface area contributed by atoms with Crippen molar-refractivity contribution in [3.05, 3.63) is 63.7 Å². The van der Waals surface area contributed by atoms with Crippen LogP contribution in [0.2, 0.25) is 5.02 Å². The minimum Gasteiger partial charge on any atom is -0.490 e. The zero-order chi connectivity index (χ0) is 16.5. The first-order valence-electron chi connectivity index (χ1n) is 8.41. The van der Waals surface area contributed by atoms with Crippen molar-refractivity contribution >= 4 is 17.4 Å². The van der Waals surface area contributed by atoms with Crippen molar-refractivity contribution in [3.8, 4) is 5.75 Å². The van der Waals surface area contributed by atoms with Crippen LogP contribution in [-0.2, 0) is 17.6 Å². The van der Waals surface area contributed by atoms with Gasteiger partial charge in [0.05, 0.1) is 13.2 Å². The molecular formula is C20H19ClO3. The van der Waals surface area contributed by atoms with Crippen LogP contribution in [0.4, 0.5) is 0 Å². The molecule has 2 aliphatic rings. The highest BCUT2D eigenvalue weighted by Gasteiger charge is 2.23. The van der Waals surface area contributed by atoms with Crippen molar-refractivity contribution in [2.75, 3.05) is 13.2 Å². The largest absolute Gasteiger partial charge is 0.490 e. The highest BCUT2D eigenvalue weighted by Crippen LogP contribution is 2.30. The van der Waals surface area contributed by atoms with Gasteiger partial charge in [-0.1, -0.05) is 17.7 Å². The van der Waals surface area contributed by atoms with E-state index in [2.05, 4.69) is 0 Å². The summed E-state index contributed by atoms with van der Waals surface area (Å²) in [5.41, 5.74) is 3.60. The van der Waals surface area contributed by atoms with Gasteiger partial charge in [-0.3, -0.25) is 4.79 Å². The molecule has 0 radical (unpaired) electrons. The molecule has 24 heavy (non-hydrogen) atoms. The SMILES string of the molecule is O=C1c2ccc(Cl)cc2CCc2ccc(OC3CCOCC3)cc21. The Labute approximate surface area is 146 Å². The molecule has 4 heteroatoms. The number of rotatable bonds is 2. The number of halogens is 1. The summed E-state index contributed by atoms with van der Waals surface area (Å²) < 4.78 is 11.4. The Hall–Kier alpha value is -1.84. The van der Waals surface area contributed by atoms with Crippen LogP contribution < -0.4 is 4.74 Å². The lowest BCUT2D eigenvalue weighted by atomic mass is 9.98. The molecule has 0 N–H and O–H groups in total. The highest BCUT2D eigenvalue weighted by molar-refractivity contribution is 6.30. The molecule has 2 aromatic carbocycles. The number of benzene rings is 2. The predicted molar refractivity (Wildman–Crippen MR) is 93.2 cm³/mol. The molecule has 1 heterocycles. The molecule has 1 aliphatic carbocycles. The Kier molecular flexibility index (Phi) is 4.30. The van der Waals surface area contributed by atoms with Crippen LogP contribution in [0, 0.1) is 0 Å². The zero-order valence-electron chi connectivity index (χ0n) is 13.4. The van der Waals surface area contributed by atoms with Crippen molar-refractivity contribution in [3.63, 3.8) is 0 Å². The average molecular weight is 343 g/mol. The molecule has 2 aromatic rings. The maximum Gasteiger partial charge on any atom is 0.193 e. The maximum absolute atomic E-state index is 13.0. The molecule has 4 rings (SSSR count). The number of ketones is 1. The van der Waals surface area contributed by atoms with Gasteiger partial charge in [0.25, 0.3) is 0 Å². The number of hydrogen-bond acceptors (Lipinski definition) is 3. The molecule has 124 valence electrons. The van der Waals surface area contributed by atoms with Gasteiger partial charge in [-0.2, -0.15) is 0 Å². The fourth-order valence-electron chi connectivity index (χ4n) is 3.45. The second-order valence-electron chi connectivity index (χ2n) is 6.38. The second-order valence-corrected chi connectivity index (χ2v) is 6.82. The summed E-state index contributed by atoms with van der Waals surface area (Å²) in [4.78, 5) is 13.0. The van der Waals surface area contributed by atoms with Crippen LogP contribution in [0.1, 0.15) is 39.9 Å². The van der Waals surface area contributed by atoms with E-state index in [1.54, 1.807) is 6.07 Å². The first kappa shape index (κ1) is 15.7. The summed E-state index contributed by atoms with van der Waals surface area (Å²) in [5.74, 6) is 0.831. The van der Waals surface area contributed by atoms with Gasteiger partial charge in [-0.15, -0.1) is 0 Å². The maximum atomic E-state index is 13.0. The highest BCUT2D eigenvalue weighted by atomic mass is 35.5. The van der Waals surface area contributed by atoms with E-state index in [1.807, 2.05) is 30.3 Å². The Morgan fingerprint density at radius 2 is 1.75 bits per heavy atom. The first-order valence-corrected chi connectivity index (χ1v) is 8.79. The average Bonchev–Trinajstić information content (AvgIpc) is 2.73. The smallest absolute Gasteiger partial charge is 0.193 e. The Morgan fingerprint density at radius 3 is 2.58 bits per heavy atom. The fourth-order valence-corrected chi connectivity index (χ4v) is 3.64. The van der Waals surface area contributed by atoms with Gasteiger partial charge in [-0.05, 0) is 54.3 Å². The standard InChI is InChI=1S/C20H19ClO3/c21-15-4-6-18-14(11-15)2-1-13-3-5-17(12-19(13)20(18)22)24-16-7-9-23-10-8-16/h3-6,11-12,16H,1-2,7-10H2. The monoisotopic (exact) mass is 342 g/mol. The van der Waals surface area contributed by atoms with Crippen LogP contribution >= 0.6 is 11.6 Å². The third kappa shape index (κ3) is 3.06. The molecule has 0 bridgehead atoms. The van der Waals surface area contributed by atoms with Gasteiger partial charge in [-0.25, -0.2) is 0 Å². The molecular weight excluding hydrogens is 324 g/mol. The normalized spacial score (nSPS) is 17.8. The van der Waals surface area contributed by atoms with E-state index in [4.69, 9.17) is 21.1 Å². The summed E-state index contributed by atoms with van der Waals surface area (Å²) in [5, 5.41) is 0.677. The number of ether oxygens (including phenoxy) is 2. The van der Waals surface area contributed by atoms with Crippen LogP contribution in [-0.4, -0.2) is 25.1 Å². The molecule has 0 aromatic heterocycles. The molecule has 0 saturated carbocycles. The molecule has 1 aliphatic heterocycles. The molecule has 0 spiro atoms. The quantitative estimate of drug-likeness (QED) is 0.819. The minimum absolute atomic E-state index is 0.0617. The van der Waals surface area contributed by atoms with Crippen molar-refractivity contribution in [1.82, 2.24) is 0 Å². The van der Waals surface area contributed by atoms with Gasteiger partial charge in [0.1, 0.15) is 11.9 Å². The van der Waals surface area contributed by atoms with E-state index >= 15 is 0 Å². The summed E-state index contributed by atoms with van der Waals surface area (Å²) >= 11 is 6.08. The van der Waals surface area contributed by atoms with E-state index in [0.29, 0.717) is 5.02 Å². The fraction of sp³-hybridized carbons (Fsp3) is 0.350. The Balaban J connectivity index is 1.65. The number of aryl methyl sites for hydroxylation is 2. The molecule has 0 unspecified atom stereocenters. The van der Waals surface area contributed by atoms with Crippen LogP contribution in [0.3, 0.4) is 0 Å². The lowest BCUT2D eigenvalue weighted by Gasteiger charge is -2.23. The van der Waals surface area contributed by atoms with E-state index in [-0.39, 0.29) is 11.9 Å². The van der Waals surface area contributed by atoms with Crippen LogP contribution in [0.15, 0.2) is 36.4 Å². The Bertz CT molecular complexity index is 778. The summed E-state index contributed by atoms with van der Waals surface area (Å²) in [6.45, 7) is 1.48. The molecule has 0 amide bonds. The molecule has 1 saturated heterocycles. The third-order valence-electron chi connectivity index (χ3n) is 4.77. The van der Waals surface area contributed by atoms with E-state index in [0.717, 1.165) is 66.9 Å². The van der Waals surface area contributed by atoms with Crippen molar-refractivity contribution in [2.45, 2.75) is 31.8 Å². The first-order chi connectivity index (χ1) is 11.7. The number of carbonyl (C=O) groups is 1. The topological polar surface area (TPSA) is 35.5 Å². The van der Waals surface area contributed by atoms with Crippen LogP contribution in [0.25, 0.3) is 0 Å². The molecule has 3 nitrogen and oxygen atoms in total. The van der Waals surface area contributed by atoms with Gasteiger partial charge in [0.15, 0.2) is 5.78 Å². The van der Waals surface area contributed by atoms with Crippen molar-refractivity contribution < 1.29 is 14.3 Å². The lowest BCUT2D eigenvalue weighted by molar-refractivity contribution is 0.0255. The lowest BCUT2D eigenvalue weighted by Crippen LogP contribution is -2.26. The molecule has 1 fully saturated rings. The summed E-state index contributed by atoms with van der Waals surface area (Å²) in [6.07, 6.45) is 3.63. The minimum atomic E-state index is 0.0617. The zero-order valence-corrected chi connectivity index (χ0v) is 14.1. The van der Waals surface area contributed by atoms with E-state index in [1.165, 1.54) is 0 Å². The summed E-state index contributed by atoms with van der Waals surface area (Å²) in [7, 11) is 0. The van der Waals surface area contributed by atoms with Gasteiger partial charge in [0, 0.05) is 29.0 Å². The third-order valence-corrected chi connectivity index (χ3v) is 5.01. The number of hydrogen-bond donors (Lipinski definition) is 0. The second kappa shape index (κ2) is 6.58. The van der Waals surface area contributed by atoms with Crippen LogP contribution in [0.5, 0.6) is 5.75 Å². The number of carbonyl (C=O) groups excluding carboxylic acids is 1. The Morgan fingerprint density at radius 1 is 0.958 bits per heavy atom. The summed E-state index contributed by atoms with van der Waals surface area (Å²) in [6, 6.07) is 11.4. The van der Waals surface area contributed by atoms with Gasteiger partial charge >= 0.3 is 0 Å². The predicted octanol–water partition coefficient (Wildman–Crippen LogP) is 4.23. The number of fused-ring (bicyclic) bond motifs is 2. The van der Waals surface area contributed by atoms with Gasteiger partial charge in [0.2, 0.25) is 0 Å². The van der Waals surface area contributed by atoms with Crippen molar-refractivity contribution in [1.29, 1.82) is 0 Å². The van der Waals surface area contributed by atoms with E-state index < -0.39 is 0 Å². The van der Waals surface area contributed by atoms with Gasteiger partial charge < -0.3 is 9.47 Å². The van der Waals surface area contributed by atoms with Crippen molar-refractivity contribution in [2.24, 2.45) is 0 Å². The van der Waals surface area contributed by atoms with E-state index in [9.17, 15) is 4.79 Å². The molecule has 0 atom stereocenters.